The summed E-state index contributed by atoms with van der Waals surface area (Å²) in [5.41, 5.74) is -0.232. The first-order chi connectivity index (χ1) is 15.0. The Balaban J connectivity index is 1.45. The van der Waals surface area contributed by atoms with E-state index in [1.807, 2.05) is 0 Å². The number of halogens is 4. The summed E-state index contributed by atoms with van der Waals surface area (Å²) in [5.74, 6) is -0.520. The van der Waals surface area contributed by atoms with Crippen molar-refractivity contribution >= 4 is 33.2 Å². The molecule has 2 aliphatic rings. The Bertz CT molecular complexity index is 1120. The number of carbonyl (C=O) groups is 1. The summed E-state index contributed by atoms with van der Waals surface area (Å²) in [4.78, 5) is 18.5. The van der Waals surface area contributed by atoms with Gasteiger partial charge in [0.15, 0.2) is 0 Å². The average Bonchev–Trinajstić information content (AvgIpc) is 3.04. The van der Waals surface area contributed by atoms with Gasteiger partial charge in [-0.1, -0.05) is 11.6 Å². The van der Waals surface area contributed by atoms with Crippen molar-refractivity contribution in [3.63, 3.8) is 0 Å². The maximum atomic E-state index is 13.2. The molecular formula is C20H19ClF3N3O4S. The minimum absolute atomic E-state index is 0.0712. The molecule has 7 nitrogen and oxygen atoms in total. The van der Waals surface area contributed by atoms with Crippen molar-refractivity contribution in [2.75, 3.05) is 24.5 Å². The number of rotatable bonds is 4. The third-order valence-electron chi connectivity index (χ3n) is 5.92. The average molecular weight is 490 g/mol. The van der Waals surface area contributed by atoms with E-state index >= 15 is 0 Å². The van der Waals surface area contributed by atoms with Crippen LogP contribution in [-0.2, 0) is 14.8 Å². The zero-order chi connectivity index (χ0) is 23.1. The number of piperidine rings is 1. The van der Waals surface area contributed by atoms with Crippen molar-refractivity contribution in [3.05, 3.63) is 47.7 Å². The van der Waals surface area contributed by atoms with E-state index in [1.165, 1.54) is 39.7 Å². The highest BCUT2D eigenvalue weighted by atomic mass is 35.5. The third-order valence-corrected chi connectivity index (χ3v) is 8.26. The number of hydrogen-bond acceptors (Lipinski definition) is 5. The van der Waals surface area contributed by atoms with Gasteiger partial charge in [-0.2, -0.15) is 4.31 Å². The lowest BCUT2D eigenvalue weighted by atomic mass is 9.77. The first kappa shape index (κ1) is 22.8. The Morgan fingerprint density at radius 2 is 1.66 bits per heavy atom. The van der Waals surface area contributed by atoms with E-state index in [0.717, 1.165) is 12.1 Å². The number of alkyl halides is 3. The number of sulfonamides is 1. The zero-order valence-electron chi connectivity index (χ0n) is 16.7. The number of pyridine rings is 1. The standard InChI is InChI=1S/C20H19ClF3N3O4S/c21-17-16(2-1-10-25-17)32(29,30)26-11-7-19(8-12-26)9-13-27(18(19)28)14-3-5-15(6-4-14)31-20(22,23)24/h1-6,10H,7-9,11-13H2. The summed E-state index contributed by atoms with van der Waals surface area (Å²) in [6.07, 6.45) is -2.17. The number of amides is 1. The number of aromatic nitrogens is 1. The van der Waals surface area contributed by atoms with Gasteiger partial charge < -0.3 is 9.64 Å². The molecule has 2 aromatic rings. The Kier molecular flexibility index (Phi) is 5.84. The van der Waals surface area contributed by atoms with Gasteiger partial charge in [0.1, 0.15) is 15.8 Å². The van der Waals surface area contributed by atoms with Crippen LogP contribution in [0.3, 0.4) is 0 Å². The highest BCUT2D eigenvalue weighted by molar-refractivity contribution is 7.89. The first-order valence-corrected chi connectivity index (χ1v) is 11.6. The molecule has 2 aliphatic heterocycles. The molecule has 32 heavy (non-hydrogen) atoms. The van der Waals surface area contributed by atoms with Gasteiger partial charge in [-0.25, -0.2) is 13.4 Å². The highest BCUT2D eigenvalue weighted by Crippen LogP contribution is 2.44. The lowest BCUT2D eigenvalue weighted by Crippen LogP contribution is -2.46. The van der Waals surface area contributed by atoms with E-state index in [9.17, 15) is 26.4 Å². The molecule has 0 atom stereocenters. The van der Waals surface area contributed by atoms with Crippen molar-refractivity contribution in [2.24, 2.45) is 5.41 Å². The van der Waals surface area contributed by atoms with E-state index in [1.54, 1.807) is 0 Å². The van der Waals surface area contributed by atoms with E-state index in [-0.39, 0.29) is 34.8 Å². The second-order valence-corrected chi connectivity index (χ2v) is 9.99. The normalized spacial score (nSPS) is 19.5. The van der Waals surface area contributed by atoms with Crippen LogP contribution >= 0.6 is 11.6 Å². The van der Waals surface area contributed by atoms with Gasteiger partial charge in [-0.15, -0.1) is 13.2 Å². The number of benzene rings is 1. The number of ether oxygens (including phenoxy) is 1. The maximum absolute atomic E-state index is 13.2. The summed E-state index contributed by atoms with van der Waals surface area (Å²) >= 11 is 5.96. The lowest BCUT2D eigenvalue weighted by Gasteiger charge is -2.37. The van der Waals surface area contributed by atoms with Crippen LogP contribution in [0.5, 0.6) is 5.75 Å². The fourth-order valence-corrected chi connectivity index (χ4v) is 6.09. The number of nitrogens with zero attached hydrogens (tertiary/aromatic N) is 3. The fourth-order valence-electron chi connectivity index (χ4n) is 4.22. The predicted molar refractivity (Wildman–Crippen MR) is 110 cm³/mol. The molecule has 0 radical (unpaired) electrons. The second kappa shape index (κ2) is 8.20. The van der Waals surface area contributed by atoms with Crippen LogP contribution in [0, 0.1) is 5.41 Å². The number of anilines is 1. The summed E-state index contributed by atoms with van der Waals surface area (Å²) < 4.78 is 68.1. The molecule has 1 aromatic carbocycles. The zero-order valence-corrected chi connectivity index (χ0v) is 18.3. The van der Waals surface area contributed by atoms with Gasteiger partial charge in [0.05, 0.1) is 5.41 Å². The van der Waals surface area contributed by atoms with Gasteiger partial charge in [0.2, 0.25) is 15.9 Å². The van der Waals surface area contributed by atoms with Crippen molar-refractivity contribution in [1.29, 1.82) is 0 Å². The van der Waals surface area contributed by atoms with E-state index in [4.69, 9.17) is 11.6 Å². The molecule has 2 fully saturated rings. The Hall–Kier alpha value is -2.37. The summed E-state index contributed by atoms with van der Waals surface area (Å²) in [6, 6.07) is 8.02. The smallest absolute Gasteiger partial charge is 0.406 e. The fraction of sp³-hybridized carbons (Fsp3) is 0.400. The van der Waals surface area contributed by atoms with Gasteiger partial charge >= 0.3 is 6.36 Å². The molecular weight excluding hydrogens is 471 g/mol. The minimum Gasteiger partial charge on any atom is -0.406 e. The van der Waals surface area contributed by atoms with Crippen LogP contribution in [0.15, 0.2) is 47.5 Å². The van der Waals surface area contributed by atoms with Crippen LogP contribution in [0.2, 0.25) is 5.15 Å². The largest absolute Gasteiger partial charge is 0.573 e. The molecule has 0 bridgehead atoms. The molecule has 0 saturated carbocycles. The molecule has 172 valence electrons. The van der Waals surface area contributed by atoms with Gasteiger partial charge in [-0.05, 0) is 55.7 Å². The molecule has 1 spiro atoms. The SMILES string of the molecule is O=C1N(c2ccc(OC(F)(F)F)cc2)CCC12CCN(S(=O)(=O)c1cccnc1Cl)CC2. The van der Waals surface area contributed by atoms with E-state index in [2.05, 4.69) is 9.72 Å². The topological polar surface area (TPSA) is 79.8 Å². The lowest BCUT2D eigenvalue weighted by molar-refractivity contribution is -0.274. The molecule has 3 heterocycles. The molecule has 0 unspecified atom stereocenters. The Labute approximate surface area is 187 Å². The van der Waals surface area contributed by atoms with Gasteiger partial charge in [0, 0.05) is 31.5 Å². The second-order valence-electron chi connectivity index (χ2n) is 7.73. The van der Waals surface area contributed by atoms with Gasteiger partial charge in [0.25, 0.3) is 0 Å². The molecule has 1 aromatic heterocycles. The monoisotopic (exact) mass is 489 g/mol. The van der Waals surface area contributed by atoms with Crippen molar-refractivity contribution < 1.29 is 31.1 Å². The van der Waals surface area contributed by atoms with E-state index < -0.39 is 21.8 Å². The number of carbonyl (C=O) groups excluding carboxylic acids is 1. The van der Waals surface area contributed by atoms with Crippen LogP contribution < -0.4 is 9.64 Å². The number of hydrogen-bond donors (Lipinski definition) is 0. The van der Waals surface area contributed by atoms with Crippen molar-refractivity contribution in [3.8, 4) is 5.75 Å². The molecule has 0 aliphatic carbocycles. The molecule has 4 rings (SSSR count). The van der Waals surface area contributed by atoms with Gasteiger partial charge in [-0.3, -0.25) is 4.79 Å². The predicted octanol–water partition coefficient (Wildman–Crippen LogP) is 3.84. The van der Waals surface area contributed by atoms with Crippen LogP contribution in [0.4, 0.5) is 18.9 Å². The molecule has 12 heteroatoms. The van der Waals surface area contributed by atoms with E-state index in [0.29, 0.717) is 31.5 Å². The highest BCUT2D eigenvalue weighted by Gasteiger charge is 2.50. The third kappa shape index (κ3) is 4.28. The maximum Gasteiger partial charge on any atom is 0.573 e. The van der Waals surface area contributed by atoms with Crippen LogP contribution in [-0.4, -0.2) is 49.6 Å². The van der Waals surface area contributed by atoms with Crippen molar-refractivity contribution in [1.82, 2.24) is 9.29 Å². The summed E-state index contributed by atoms with van der Waals surface area (Å²) in [5, 5.41) is -0.103. The summed E-state index contributed by atoms with van der Waals surface area (Å²) in [6.45, 7) is 0.719. The minimum atomic E-state index is -4.79. The Morgan fingerprint density at radius 1 is 1.03 bits per heavy atom. The molecule has 1 amide bonds. The van der Waals surface area contributed by atoms with Crippen molar-refractivity contribution in [2.45, 2.75) is 30.5 Å². The summed E-state index contributed by atoms with van der Waals surface area (Å²) in [7, 11) is -3.83. The quantitative estimate of drug-likeness (QED) is 0.610. The molecule has 2 saturated heterocycles. The molecule has 0 N–H and O–H groups in total. The van der Waals surface area contributed by atoms with Crippen LogP contribution in [0.1, 0.15) is 19.3 Å². The first-order valence-electron chi connectivity index (χ1n) is 9.80. The Morgan fingerprint density at radius 3 is 2.25 bits per heavy atom. The van der Waals surface area contributed by atoms with Crippen LogP contribution in [0.25, 0.3) is 0 Å².